The Labute approximate surface area is 139 Å². The number of benzene rings is 1. The number of aryl methyl sites for hydroxylation is 1. The van der Waals surface area contributed by atoms with Crippen molar-refractivity contribution in [3.05, 3.63) is 41.5 Å². The fourth-order valence-corrected chi connectivity index (χ4v) is 3.85. The summed E-state index contributed by atoms with van der Waals surface area (Å²) in [6.45, 7) is 4.94. The second kappa shape index (κ2) is 5.80. The van der Waals surface area contributed by atoms with Gasteiger partial charge in [0, 0.05) is 0 Å². The van der Waals surface area contributed by atoms with Gasteiger partial charge in [0.2, 0.25) is 0 Å². The normalized spacial score (nSPS) is 27.9. The van der Waals surface area contributed by atoms with Gasteiger partial charge in [-0.1, -0.05) is 17.7 Å². The number of sulfonamides is 1. The minimum absolute atomic E-state index is 0.0638. The number of rotatable bonds is 2. The molecule has 118 valence electrons. The molecule has 1 aromatic carbocycles. The summed E-state index contributed by atoms with van der Waals surface area (Å²) in [6.07, 6.45) is 1.27. The van der Waals surface area contributed by atoms with Gasteiger partial charge in [0.1, 0.15) is 10.3 Å². The Morgan fingerprint density at radius 1 is 1.18 bits per heavy atom. The highest BCUT2D eigenvalue weighted by Gasteiger charge is 2.44. The van der Waals surface area contributed by atoms with Crippen LogP contribution in [0.3, 0.4) is 0 Å². The van der Waals surface area contributed by atoms with Crippen LogP contribution in [-0.2, 0) is 14.8 Å². The first kappa shape index (κ1) is 17.2. The van der Waals surface area contributed by atoms with E-state index < -0.39 is 20.3 Å². The zero-order valence-electron chi connectivity index (χ0n) is 12.3. The lowest BCUT2D eigenvalue weighted by molar-refractivity contribution is -0.114. The van der Waals surface area contributed by atoms with Gasteiger partial charge >= 0.3 is 0 Å². The Balaban J connectivity index is 2.57. The molecule has 0 bridgehead atoms. The lowest BCUT2D eigenvalue weighted by atomic mass is 9.87. The summed E-state index contributed by atoms with van der Waals surface area (Å²) in [4.78, 5) is 10.4. The van der Waals surface area contributed by atoms with E-state index in [-0.39, 0.29) is 16.4 Å². The van der Waals surface area contributed by atoms with Crippen molar-refractivity contribution in [2.24, 2.45) is 4.40 Å². The SMILES string of the molecule is CC1=CC(=O)[C@@H](Cl)[C@](C)(Cl)C1=NS(=O)(=O)c1ccc(C)cc1. The molecule has 1 aliphatic carbocycles. The predicted octanol–water partition coefficient (Wildman–Crippen LogP) is 3.26. The first-order chi connectivity index (χ1) is 10.1. The first-order valence-electron chi connectivity index (χ1n) is 6.53. The van der Waals surface area contributed by atoms with Crippen molar-refractivity contribution in [3.63, 3.8) is 0 Å². The molecule has 0 radical (unpaired) electrons. The molecule has 0 N–H and O–H groups in total. The number of alkyl halides is 2. The van der Waals surface area contributed by atoms with Crippen molar-refractivity contribution in [2.75, 3.05) is 0 Å². The fraction of sp³-hybridized carbons (Fsp3) is 0.333. The number of halogens is 2. The topological polar surface area (TPSA) is 63.6 Å². The van der Waals surface area contributed by atoms with Gasteiger partial charge in [-0.15, -0.1) is 23.2 Å². The summed E-state index contributed by atoms with van der Waals surface area (Å²) < 4.78 is 28.7. The van der Waals surface area contributed by atoms with Gasteiger partial charge in [-0.3, -0.25) is 4.79 Å². The summed E-state index contributed by atoms with van der Waals surface area (Å²) in [6, 6.07) is 6.33. The van der Waals surface area contributed by atoms with Crippen molar-refractivity contribution in [1.82, 2.24) is 0 Å². The molecule has 0 heterocycles. The standard InChI is InChI=1S/C15H15Cl2NO3S/c1-9-4-6-11(7-5-9)22(20,21)18-14-10(2)8-12(19)13(16)15(14,3)17/h4-8,13H,1-3H3/t13-,15+/m1/s1. The largest absolute Gasteiger partial charge is 0.293 e. The molecule has 0 spiro atoms. The Bertz CT molecular complexity index is 778. The van der Waals surface area contributed by atoms with E-state index in [1.165, 1.54) is 25.1 Å². The summed E-state index contributed by atoms with van der Waals surface area (Å²) in [5, 5.41) is -1.06. The van der Waals surface area contributed by atoms with Crippen LogP contribution in [-0.4, -0.2) is 30.2 Å². The van der Waals surface area contributed by atoms with Crippen molar-refractivity contribution >= 4 is 44.7 Å². The van der Waals surface area contributed by atoms with Gasteiger partial charge in [0.15, 0.2) is 5.78 Å². The van der Waals surface area contributed by atoms with Crippen LogP contribution in [0.25, 0.3) is 0 Å². The average Bonchev–Trinajstić information content (AvgIpc) is 2.42. The van der Waals surface area contributed by atoms with Crippen LogP contribution in [0.15, 0.2) is 45.2 Å². The number of hydrogen-bond donors (Lipinski definition) is 0. The summed E-state index contributed by atoms with van der Waals surface area (Å²) in [5.41, 5.74) is 1.43. The molecule has 4 nitrogen and oxygen atoms in total. The maximum Gasteiger partial charge on any atom is 0.282 e. The number of nitrogens with zero attached hydrogens (tertiary/aromatic N) is 1. The highest BCUT2D eigenvalue weighted by molar-refractivity contribution is 7.90. The highest BCUT2D eigenvalue weighted by Crippen LogP contribution is 2.35. The number of ketones is 1. The number of hydrogen-bond acceptors (Lipinski definition) is 3. The lowest BCUT2D eigenvalue weighted by Crippen LogP contribution is -2.46. The summed E-state index contributed by atoms with van der Waals surface area (Å²) in [5.74, 6) is -0.358. The van der Waals surface area contributed by atoms with Crippen molar-refractivity contribution in [1.29, 1.82) is 0 Å². The van der Waals surface area contributed by atoms with Crippen LogP contribution in [0, 0.1) is 6.92 Å². The van der Waals surface area contributed by atoms with Gasteiger partial charge in [0.05, 0.1) is 10.6 Å². The quantitative estimate of drug-likeness (QED) is 0.761. The summed E-state index contributed by atoms with van der Waals surface area (Å²) in [7, 11) is -3.93. The fourth-order valence-electron chi connectivity index (χ4n) is 2.17. The molecule has 22 heavy (non-hydrogen) atoms. The predicted molar refractivity (Wildman–Crippen MR) is 88.5 cm³/mol. The van der Waals surface area contributed by atoms with Crippen LogP contribution in [0.4, 0.5) is 0 Å². The Kier molecular flexibility index (Phi) is 4.53. The van der Waals surface area contributed by atoms with Crippen LogP contribution in [0.2, 0.25) is 0 Å². The first-order valence-corrected chi connectivity index (χ1v) is 8.79. The summed E-state index contributed by atoms with van der Waals surface area (Å²) >= 11 is 12.3. The third-order valence-corrected chi connectivity index (χ3v) is 5.90. The third kappa shape index (κ3) is 3.12. The van der Waals surface area contributed by atoms with E-state index in [0.29, 0.717) is 5.57 Å². The van der Waals surface area contributed by atoms with Gasteiger partial charge in [-0.05, 0) is 44.6 Å². The number of carbonyl (C=O) groups excluding carboxylic acids is 1. The van der Waals surface area contributed by atoms with Crippen LogP contribution in [0.1, 0.15) is 19.4 Å². The molecule has 0 aliphatic heterocycles. The van der Waals surface area contributed by atoms with E-state index in [1.807, 2.05) is 6.92 Å². The lowest BCUT2D eigenvalue weighted by Gasteiger charge is -2.31. The van der Waals surface area contributed by atoms with Crippen molar-refractivity contribution < 1.29 is 13.2 Å². The van der Waals surface area contributed by atoms with Crippen LogP contribution >= 0.6 is 23.2 Å². The molecule has 2 atom stereocenters. The monoisotopic (exact) mass is 359 g/mol. The zero-order chi connectivity index (χ0) is 16.7. The molecule has 0 aromatic heterocycles. The minimum Gasteiger partial charge on any atom is -0.293 e. The zero-order valence-corrected chi connectivity index (χ0v) is 14.6. The Morgan fingerprint density at radius 2 is 1.73 bits per heavy atom. The van der Waals surface area contributed by atoms with Crippen molar-refractivity contribution in [3.8, 4) is 0 Å². The molecular formula is C15H15Cl2NO3S. The van der Waals surface area contributed by atoms with E-state index in [2.05, 4.69) is 4.40 Å². The average molecular weight is 360 g/mol. The van der Waals surface area contributed by atoms with Gasteiger partial charge in [-0.25, -0.2) is 0 Å². The van der Waals surface area contributed by atoms with Gasteiger partial charge in [-0.2, -0.15) is 12.8 Å². The molecule has 0 saturated carbocycles. The molecule has 0 saturated heterocycles. The molecule has 1 aliphatic rings. The molecule has 0 unspecified atom stereocenters. The van der Waals surface area contributed by atoms with E-state index in [9.17, 15) is 13.2 Å². The molecular weight excluding hydrogens is 345 g/mol. The highest BCUT2D eigenvalue weighted by atomic mass is 35.5. The minimum atomic E-state index is -3.93. The molecule has 7 heteroatoms. The van der Waals surface area contributed by atoms with E-state index >= 15 is 0 Å². The number of carbonyl (C=O) groups is 1. The molecule has 0 fully saturated rings. The Morgan fingerprint density at radius 3 is 2.27 bits per heavy atom. The molecule has 1 aromatic rings. The van der Waals surface area contributed by atoms with Crippen LogP contribution < -0.4 is 0 Å². The van der Waals surface area contributed by atoms with E-state index in [0.717, 1.165) is 5.56 Å². The maximum atomic E-state index is 12.4. The van der Waals surface area contributed by atoms with E-state index in [4.69, 9.17) is 23.2 Å². The second-order valence-electron chi connectivity index (χ2n) is 5.40. The maximum absolute atomic E-state index is 12.4. The molecule has 0 amide bonds. The van der Waals surface area contributed by atoms with Gasteiger partial charge in [0.25, 0.3) is 10.0 Å². The molecule has 2 rings (SSSR count). The van der Waals surface area contributed by atoms with Crippen molar-refractivity contribution in [2.45, 2.75) is 35.9 Å². The third-order valence-electron chi connectivity index (χ3n) is 3.45. The van der Waals surface area contributed by atoms with Crippen LogP contribution in [0.5, 0.6) is 0 Å². The van der Waals surface area contributed by atoms with Gasteiger partial charge < -0.3 is 0 Å². The van der Waals surface area contributed by atoms with E-state index in [1.54, 1.807) is 19.1 Å². The second-order valence-corrected chi connectivity index (χ2v) is 8.22. The smallest absolute Gasteiger partial charge is 0.282 e. The number of allylic oxidation sites excluding steroid dienone is 2. The Hall–Kier alpha value is -1.17.